The van der Waals surface area contributed by atoms with E-state index in [0.29, 0.717) is 12.2 Å². The van der Waals surface area contributed by atoms with Gasteiger partial charge in [0.05, 0.1) is 12.2 Å². The number of piperazine rings is 1. The van der Waals surface area contributed by atoms with E-state index in [-0.39, 0.29) is 11.3 Å². The Hall–Kier alpha value is -1.13. The Bertz CT molecular complexity index is 383. The van der Waals surface area contributed by atoms with Crippen LogP contribution in [0.5, 0.6) is 0 Å². The van der Waals surface area contributed by atoms with Crippen LogP contribution in [0.1, 0.15) is 24.3 Å². The Kier molecular flexibility index (Phi) is 3.35. The summed E-state index contributed by atoms with van der Waals surface area (Å²) in [6.07, 6.45) is 1.79. The van der Waals surface area contributed by atoms with E-state index in [1.807, 2.05) is 12.1 Å². The molecule has 0 unspecified atom stereocenters. The highest BCUT2D eigenvalue weighted by Gasteiger charge is 2.31. The summed E-state index contributed by atoms with van der Waals surface area (Å²) in [5.74, 6) is 0.176. The van der Waals surface area contributed by atoms with Gasteiger partial charge in [-0.1, -0.05) is 0 Å². The summed E-state index contributed by atoms with van der Waals surface area (Å²) in [6.45, 7) is 7.88. The van der Waals surface area contributed by atoms with E-state index in [4.69, 9.17) is 0 Å². The quantitative estimate of drug-likeness (QED) is 0.801. The van der Waals surface area contributed by atoms with E-state index in [1.54, 1.807) is 6.20 Å². The number of ketones is 1. The maximum absolute atomic E-state index is 12.0. The monoisotopic (exact) mass is 235 g/mol. The highest BCUT2D eigenvalue weighted by Crippen LogP contribution is 2.18. The van der Waals surface area contributed by atoms with Crippen LogP contribution in [-0.2, 0) is 0 Å². The van der Waals surface area contributed by atoms with Crippen LogP contribution in [0.4, 0.5) is 0 Å². The van der Waals surface area contributed by atoms with Crippen molar-refractivity contribution in [3.05, 3.63) is 24.0 Å². The number of carbonyl (C=O) groups is 1. The Morgan fingerprint density at radius 1 is 1.47 bits per heavy atom. The van der Waals surface area contributed by atoms with E-state index in [2.05, 4.69) is 35.7 Å². The molecule has 0 spiro atoms. The fourth-order valence-electron chi connectivity index (χ4n) is 2.27. The van der Waals surface area contributed by atoms with Crippen LogP contribution in [-0.4, -0.2) is 59.3 Å². The summed E-state index contributed by atoms with van der Waals surface area (Å²) in [7, 11) is 2.14. The normalized spacial score (nSPS) is 21.6. The largest absolute Gasteiger partial charge is 0.359 e. The van der Waals surface area contributed by atoms with Gasteiger partial charge in [-0.2, -0.15) is 0 Å². The Labute approximate surface area is 103 Å². The first kappa shape index (κ1) is 12.3. The maximum atomic E-state index is 12.0. The van der Waals surface area contributed by atoms with Gasteiger partial charge in [0, 0.05) is 31.4 Å². The first-order valence-corrected chi connectivity index (χ1v) is 6.09. The van der Waals surface area contributed by atoms with Crippen molar-refractivity contribution in [2.45, 2.75) is 19.4 Å². The molecular weight excluding hydrogens is 214 g/mol. The minimum atomic E-state index is 0.147. The van der Waals surface area contributed by atoms with Crippen molar-refractivity contribution in [1.29, 1.82) is 0 Å². The molecule has 0 aromatic carbocycles. The average molecular weight is 235 g/mol. The topological polar surface area (TPSA) is 39.3 Å². The number of rotatable bonds is 3. The summed E-state index contributed by atoms with van der Waals surface area (Å²) in [5.41, 5.74) is 0.857. The van der Waals surface area contributed by atoms with Gasteiger partial charge in [0.1, 0.15) is 0 Å². The van der Waals surface area contributed by atoms with Crippen LogP contribution in [0.15, 0.2) is 18.3 Å². The summed E-state index contributed by atoms with van der Waals surface area (Å²) in [5, 5.41) is 0. The molecule has 0 saturated carbocycles. The molecule has 1 aromatic heterocycles. The van der Waals surface area contributed by atoms with Gasteiger partial charge < -0.3 is 4.98 Å². The molecule has 4 nitrogen and oxygen atoms in total. The third-order valence-corrected chi connectivity index (χ3v) is 3.66. The van der Waals surface area contributed by atoms with Crippen molar-refractivity contribution >= 4 is 5.78 Å². The van der Waals surface area contributed by atoms with E-state index < -0.39 is 0 Å². The third-order valence-electron chi connectivity index (χ3n) is 3.66. The highest BCUT2D eigenvalue weighted by molar-refractivity contribution is 5.95. The second-order valence-electron chi connectivity index (χ2n) is 5.45. The Morgan fingerprint density at radius 2 is 2.24 bits per heavy atom. The number of hydrogen-bond acceptors (Lipinski definition) is 3. The number of H-pyrrole nitrogens is 1. The number of carbonyl (C=O) groups excluding carboxylic acids is 1. The van der Waals surface area contributed by atoms with E-state index >= 15 is 0 Å². The minimum absolute atomic E-state index is 0.147. The second kappa shape index (κ2) is 4.63. The number of nitrogens with one attached hydrogen (secondary N) is 1. The summed E-state index contributed by atoms with van der Waals surface area (Å²) < 4.78 is 0. The fraction of sp³-hybridized carbons (Fsp3) is 0.615. The summed E-state index contributed by atoms with van der Waals surface area (Å²) >= 11 is 0. The number of aromatic amines is 1. The number of hydrogen-bond donors (Lipinski definition) is 1. The van der Waals surface area contributed by atoms with Crippen molar-refractivity contribution in [3.8, 4) is 0 Å². The Balaban J connectivity index is 1.95. The first-order chi connectivity index (χ1) is 7.99. The van der Waals surface area contributed by atoms with Gasteiger partial charge in [-0.3, -0.25) is 14.6 Å². The van der Waals surface area contributed by atoms with Crippen LogP contribution in [0.2, 0.25) is 0 Å². The molecule has 1 aliphatic rings. The lowest BCUT2D eigenvalue weighted by atomic mass is 9.99. The molecule has 1 saturated heterocycles. The third kappa shape index (κ3) is 2.76. The standard InChI is InChI=1S/C13H21N3O/c1-13(2)10-16(8-7-15(13)3)9-12(17)11-5-4-6-14-11/h4-6,14H,7-10H2,1-3H3. The van der Waals surface area contributed by atoms with Gasteiger partial charge in [-0.05, 0) is 33.0 Å². The highest BCUT2D eigenvalue weighted by atomic mass is 16.1. The molecule has 4 heteroatoms. The van der Waals surface area contributed by atoms with Gasteiger partial charge in [-0.15, -0.1) is 0 Å². The predicted molar refractivity (Wildman–Crippen MR) is 68.3 cm³/mol. The van der Waals surface area contributed by atoms with Gasteiger partial charge in [-0.25, -0.2) is 0 Å². The van der Waals surface area contributed by atoms with Crippen LogP contribution in [0, 0.1) is 0 Å². The molecule has 2 rings (SSSR count). The van der Waals surface area contributed by atoms with E-state index in [9.17, 15) is 4.79 Å². The van der Waals surface area contributed by atoms with Gasteiger partial charge in [0.15, 0.2) is 5.78 Å². The molecule has 1 N–H and O–H groups in total. The molecule has 0 aliphatic carbocycles. The van der Waals surface area contributed by atoms with Crippen molar-refractivity contribution in [2.75, 3.05) is 33.2 Å². The molecule has 1 fully saturated rings. The zero-order valence-electron chi connectivity index (χ0n) is 10.9. The SMILES string of the molecule is CN1CCN(CC(=O)c2ccc[nH]2)CC1(C)C. The lowest BCUT2D eigenvalue weighted by Crippen LogP contribution is -2.58. The minimum Gasteiger partial charge on any atom is -0.359 e. The molecule has 2 heterocycles. The van der Waals surface area contributed by atoms with Gasteiger partial charge in [0.2, 0.25) is 0 Å². The maximum Gasteiger partial charge on any atom is 0.192 e. The summed E-state index contributed by atoms with van der Waals surface area (Å²) in [4.78, 5) is 19.5. The van der Waals surface area contributed by atoms with Crippen molar-refractivity contribution < 1.29 is 4.79 Å². The molecule has 94 valence electrons. The van der Waals surface area contributed by atoms with Crippen molar-refractivity contribution in [2.24, 2.45) is 0 Å². The molecule has 17 heavy (non-hydrogen) atoms. The number of likely N-dealkylation sites (N-methyl/N-ethyl adjacent to an activating group) is 1. The Morgan fingerprint density at radius 3 is 2.82 bits per heavy atom. The molecular formula is C13H21N3O. The van der Waals surface area contributed by atoms with E-state index in [0.717, 1.165) is 19.6 Å². The van der Waals surface area contributed by atoms with Gasteiger partial charge >= 0.3 is 0 Å². The summed E-state index contributed by atoms with van der Waals surface area (Å²) in [6, 6.07) is 3.70. The van der Waals surface area contributed by atoms with Crippen LogP contribution < -0.4 is 0 Å². The molecule has 0 amide bonds. The molecule has 0 atom stereocenters. The van der Waals surface area contributed by atoms with E-state index in [1.165, 1.54) is 0 Å². The second-order valence-corrected chi connectivity index (χ2v) is 5.45. The fourth-order valence-corrected chi connectivity index (χ4v) is 2.27. The van der Waals surface area contributed by atoms with Crippen LogP contribution in [0.3, 0.4) is 0 Å². The first-order valence-electron chi connectivity index (χ1n) is 6.09. The smallest absolute Gasteiger partial charge is 0.192 e. The number of Topliss-reactive ketones (excluding diaryl/α,β-unsaturated/α-hetero) is 1. The molecule has 0 bridgehead atoms. The molecule has 1 aliphatic heterocycles. The molecule has 1 aromatic rings. The number of aromatic nitrogens is 1. The molecule has 0 radical (unpaired) electrons. The van der Waals surface area contributed by atoms with Crippen molar-refractivity contribution in [3.63, 3.8) is 0 Å². The lowest BCUT2D eigenvalue weighted by Gasteiger charge is -2.45. The van der Waals surface area contributed by atoms with Crippen LogP contribution in [0.25, 0.3) is 0 Å². The zero-order valence-corrected chi connectivity index (χ0v) is 10.9. The van der Waals surface area contributed by atoms with Gasteiger partial charge in [0.25, 0.3) is 0 Å². The van der Waals surface area contributed by atoms with Crippen molar-refractivity contribution in [1.82, 2.24) is 14.8 Å². The number of nitrogens with zero attached hydrogens (tertiary/aromatic N) is 2. The van der Waals surface area contributed by atoms with Crippen LogP contribution >= 0.6 is 0 Å². The lowest BCUT2D eigenvalue weighted by molar-refractivity contribution is 0.0388. The predicted octanol–water partition coefficient (Wildman–Crippen LogP) is 1.22. The average Bonchev–Trinajstić information content (AvgIpc) is 2.76. The zero-order chi connectivity index (χ0) is 12.5.